The second-order valence-corrected chi connectivity index (χ2v) is 6.15. The molecule has 1 aliphatic rings. The highest BCUT2D eigenvalue weighted by Crippen LogP contribution is 2.25. The van der Waals surface area contributed by atoms with Crippen LogP contribution in [0.25, 0.3) is 0 Å². The Bertz CT molecular complexity index is 699. The van der Waals surface area contributed by atoms with Crippen LogP contribution in [0.15, 0.2) is 36.5 Å². The average Bonchev–Trinajstić information content (AvgIpc) is 3.02. The van der Waals surface area contributed by atoms with E-state index in [4.69, 9.17) is 4.74 Å². The zero-order valence-electron chi connectivity index (χ0n) is 14.0. The Morgan fingerprint density at radius 1 is 1.33 bits per heavy atom. The van der Waals surface area contributed by atoms with Crippen molar-refractivity contribution in [1.82, 2.24) is 14.7 Å². The number of nitrogens with zero attached hydrogens (tertiary/aromatic N) is 3. The van der Waals surface area contributed by atoms with Crippen LogP contribution in [-0.2, 0) is 18.2 Å². The Morgan fingerprint density at radius 2 is 2.08 bits per heavy atom. The van der Waals surface area contributed by atoms with Gasteiger partial charge in [0.2, 0.25) is 0 Å². The van der Waals surface area contributed by atoms with Gasteiger partial charge in [-0.2, -0.15) is 5.10 Å². The smallest absolute Gasteiger partial charge is 0.272 e. The van der Waals surface area contributed by atoms with Crippen molar-refractivity contribution in [3.63, 3.8) is 0 Å². The zero-order chi connectivity index (χ0) is 17.1. The summed E-state index contributed by atoms with van der Waals surface area (Å²) in [6.45, 7) is 0.690. The second kappa shape index (κ2) is 7.13. The number of amides is 1. The molecule has 24 heavy (non-hydrogen) atoms. The van der Waals surface area contributed by atoms with Crippen molar-refractivity contribution in [2.75, 3.05) is 13.7 Å². The molecule has 2 atom stereocenters. The first-order valence-corrected chi connectivity index (χ1v) is 8.16. The van der Waals surface area contributed by atoms with Crippen LogP contribution >= 0.6 is 0 Å². The van der Waals surface area contributed by atoms with Gasteiger partial charge in [-0.25, -0.2) is 4.39 Å². The molecule has 1 aromatic heterocycles. The maximum Gasteiger partial charge on any atom is 0.272 e. The molecule has 1 aliphatic heterocycles. The second-order valence-electron chi connectivity index (χ2n) is 6.15. The maximum absolute atomic E-state index is 13.1. The van der Waals surface area contributed by atoms with E-state index in [1.807, 2.05) is 4.90 Å². The number of likely N-dealkylation sites (tertiary alicyclic amines) is 1. The number of carbonyl (C=O) groups excluding carboxylic acids is 1. The van der Waals surface area contributed by atoms with Gasteiger partial charge >= 0.3 is 0 Å². The molecule has 0 aliphatic carbocycles. The molecule has 2 heterocycles. The fourth-order valence-electron chi connectivity index (χ4n) is 3.38. The number of aryl methyl sites for hydroxylation is 1. The van der Waals surface area contributed by atoms with Crippen molar-refractivity contribution in [1.29, 1.82) is 0 Å². The van der Waals surface area contributed by atoms with E-state index in [1.165, 1.54) is 12.1 Å². The minimum Gasteiger partial charge on any atom is -0.379 e. The Morgan fingerprint density at radius 3 is 2.71 bits per heavy atom. The van der Waals surface area contributed by atoms with Gasteiger partial charge < -0.3 is 9.64 Å². The predicted molar refractivity (Wildman–Crippen MR) is 88.2 cm³/mol. The summed E-state index contributed by atoms with van der Waals surface area (Å²) in [6, 6.07) is 8.10. The van der Waals surface area contributed by atoms with E-state index in [0.29, 0.717) is 18.7 Å². The van der Waals surface area contributed by atoms with Crippen molar-refractivity contribution in [3.05, 3.63) is 53.6 Å². The van der Waals surface area contributed by atoms with Crippen LogP contribution in [0, 0.1) is 5.82 Å². The summed E-state index contributed by atoms with van der Waals surface area (Å²) < 4.78 is 20.4. The summed E-state index contributed by atoms with van der Waals surface area (Å²) in [5, 5.41) is 4.09. The van der Waals surface area contributed by atoms with E-state index in [1.54, 1.807) is 43.2 Å². The lowest BCUT2D eigenvalue weighted by Crippen LogP contribution is -2.53. The van der Waals surface area contributed by atoms with Gasteiger partial charge in [0.1, 0.15) is 11.5 Å². The van der Waals surface area contributed by atoms with E-state index in [0.717, 1.165) is 18.4 Å². The van der Waals surface area contributed by atoms with Crippen LogP contribution < -0.4 is 0 Å². The quantitative estimate of drug-likeness (QED) is 0.864. The summed E-state index contributed by atoms with van der Waals surface area (Å²) >= 11 is 0. The number of rotatable bonds is 4. The minimum atomic E-state index is -0.256. The van der Waals surface area contributed by atoms with E-state index in [2.05, 4.69) is 5.10 Å². The Labute approximate surface area is 141 Å². The fraction of sp³-hybridized carbons (Fsp3) is 0.444. The van der Waals surface area contributed by atoms with Crippen LogP contribution in [0.1, 0.15) is 28.9 Å². The van der Waals surface area contributed by atoms with E-state index < -0.39 is 0 Å². The van der Waals surface area contributed by atoms with Crippen molar-refractivity contribution >= 4 is 5.91 Å². The zero-order valence-corrected chi connectivity index (χ0v) is 14.0. The lowest BCUT2D eigenvalue weighted by molar-refractivity contribution is -0.0122. The highest BCUT2D eigenvalue weighted by atomic mass is 19.1. The molecular weight excluding hydrogens is 309 g/mol. The van der Waals surface area contributed by atoms with Gasteiger partial charge in [-0.05, 0) is 43.0 Å². The van der Waals surface area contributed by atoms with Gasteiger partial charge in [0.15, 0.2) is 0 Å². The van der Waals surface area contributed by atoms with Crippen LogP contribution in [0.2, 0.25) is 0 Å². The molecule has 2 aromatic rings. The van der Waals surface area contributed by atoms with E-state index in [9.17, 15) is 9.18 Å². The van der Waals surface area contributed by atoms with E-state index >= 15 is 0 Å². The Balaban J connectivity index is 1.86. The first kappa shape index (κ1) is 16.6. The van der Waals surface area contributed by atoms with Gasteiger partial charge in [-0.3, -0.25) is 9.48 Å². The lowest BCUT2D eigenvalue weighted by Gasteiger charge is -2.40. The molecule has 1 amide bonds. The standard InChI is InChI=1S/C18H22FN3O2/c1-21-15(9-10-20-21)18(23)22-11-3-4-17(24-2)16(22)12-13-5-7-14(19)8-6-13/h5-10,16-17H,3-4,11-12H2,1-2H3/t16-,17-/m0/s1. The van der Waals surface area contributed by atoms with Gasteiger partial charge in [-0.15, -0.1) is 0 Å². The summed E-state index contributed by atoms with van der Waals surface area (Å²) in [5.74, 6) is -0.294. The van der Waals surface area contributed by atoms with Crippen LogP contribution in [0.4, 0.5) is 4.39 Å². The molecule has 1 aromatic carbocycles. The van der Waals surface area contributed by atoms with Crippen molar-refractivity contribution in [2.45, 2.75) is 31.4 Å². The molecule has 1 fully saturated rings. The molecule has 0 N–H and O–H groups in total. The third-order valence-corrected chi connectivity index (χ3v) is 4.68. The highest BCUT2D eigenvalue weighted by Gasteiger charge is 2.35. The number of piperidine rings is 1. The normalized spacial score (nSPS) is 21.0. The molecule has 6 heteroatoms. The summed E-state index contributed by atoms with van der Waals surface area (Å²) in [4.78, 5) is 14.8. The van der Waals surface area contributed by atoms with Gasteiger partial charge in [0.05, 0.1) is 12.1 Å². The maximum atomic E-state index is 13.1. The number of hydrogen-bond acceptors (Lipinski definition) is 3. The Hall–Kier alpha value is -2.21. The van der Waals surface area contributed by atoms with Gasteiger partial charge in [-0.1, -0.05) is 12.1 Å². The number of aromatic nitrogens is 2. The molecular formula is C18H22FN3O2. The third kappa shape index (κ3) is 3.33. The van der Waals surface area contributed by atoms with Gasteiger partial charge in [0, 0.05) is 26.9 Å². The third-order valence-electron chi connectivity index (χ3n) is 4.68. The van der Waals surface area contributed by atoms with Crippen molar-refractivity contribution in [3.8, 4) is 0 Å². The molecule has 0 saturated carbocycles. The van der Waals surface area contributed by atoms with Gasteiger partial charge in [0.25, 0.3) is 5.91 Å². The summed E-state index contributed by atoms with van der Waals surface area (Å²) in [5.41, 5.74) is 1.56. The number of carbonyl (C=O) groups is 1. The lowest BCUT2D eigenvalue weighted by atomic mass is 9.92. The highest BCUT2D eigenvalue weighted by molar-refractivity contribution is 5.92. The summed E-state index contributed by atoms with van der Waals surface area (Å²) in [7, 11) is 3.44. The van der Waals surface area contributed by atoms with Crippen LogP contribution in [0.3, 0.4) is 0 Å². The molecule has 5 nitrogen and oxygen atoms in total. The Kier molecular flexibility index (Phi) is 4.94. The number of methoxy groups -OCH3 is 1. The molecule has 0 radical (unpaired) electrons. The predicted octanol–water partition coefficient (Wildman–Crippen LogP) is 2.42. The fourth-order valence-corrected chi connectivity index (χ4v) is 3.38. The topological polar surface area (TPSA) is 47.4 Å². The number of ether oxygens (including phenoxy) is 1. The SMILES string of the molecule is CO[C@H]1CCCN(C(=O)c2ccnn2C)[C@H]1Cc1ccc(F)cc1. The molecule has 0 bridgehead atoms. The number of benzene rings is 1. The first-order valence-electron chi connectivity index (χ1n) is 8.16. The monoisotopic (exact) mass is 331 g/mol. The molecule has 128 valence electrons. The van der Waals surface area contributed by atoms with E-state index in [-0.39, 0.29) is 23.9 Å². The minimum absolute atomic E-state index is 0.0269. The largest absolute Gasteiger partial charge is 0.379 e. The molecule has 3 rings (SSSR count). The summed E-state index contributed by atoms with van der Waals surface area (Å²) in [6.07, 6.45) is 4.06. The van der Waals surface area contributed by atoms with Crippen LogP contribution in [-0.4, -0.2) is 46.4 Å². The number of halogens is 1. The number of hydrogen-bond donors (Lipinski definition) is 0. The van der Waals surface area contributed by atoms with Crippen LogP contribution in [0.5, 0.6) is 0 Å². The first-order chi connectivity index (χ1) is 11.6. The van der Waals surface area contributed by atoms with Crippen molar-refractivity contribution in [2.24, 2.45) is 7.05 Å². The van der Waals surface area contributed by atoms with Crippen molar-refractivity contribution < 1.29 is 13.9 Å². The molecule has 0 unspecified atom stereocenters. The molecule has 0 spiro atoms. The molecule has 1 saturated heterocycles. The average molecular weight is 331 g/mol.